The fourth-order valence-corrected chi connectivity index (χ4v) is 1.92. The molecule has 0 amide bonds. The van der Waals surface area contributed by atoms with Gasteiger partial charge in [-0.1, -0.05) is 5.16 Å². The Balaban J connectivity index is 2.33. The molecular weight excluding hydrogens is 220 g/mol. The van der Waals surface area contributed by atoms with Crippen LogP contribution >= 0.6 is 22.9 Å². The number of halogens is 1. The number of rotatable bonds is 2. The van der Waals surface area contributed by atoms with E-state index in [2.05, 4.69) is 10.1 Å². The lowest BCUT2D eigenvalue weighted by Gasteiger charge is -1.89. The van der Waals surface area contributed by atoms with E-state index in [1.54, 1.807) is 11.3 Å². The van der Waals surface area contributed by atoms with Crippen molar-refractivity contribution >= 4 is 22.9 Å². The molecule has 1 unspecified atom stereocenters. The Hall–Kier alpha value is -0.870. The number of hydrogen-bond acceptors (Lipinski definition) is 4. The van der Waals surface area contributed by atoms with Crippen LogP contribution in [-0.4, -0.2) is 10.1 Å². The molecule has 5 heteroatoms. The number of aromatic nitrogens is 2. The largest absolute Gasteiger partial charge is 0.333 e. The number of nitrogens with zero attached hydrogens (tertiary/aromatic N) is 2. The van der Waals surface area contributed by atoms with Crippen molar-refractivity contribution in [3.05, 3.63) is 22.8 Å². The van der Waals surface area contributed by atoms with Gasteiger partial charge in [0.2, 0.25) is 0 Å². The van der Waals surface area contributed by atoms with Gasteiger partial charge in [-0.2, -0.15) is 4.98 Å². The lowest BCUT2D eigenvalue weighted by molar-refractivity contribution is 0.423. The Bertz CT molecular complexity index is 435. The van der Waals surface area contributed by atoms with Gasteiger partial charge in [0.1, 0.15) is 0 Å². The Morgan fingerprint density at radius 3 is 2.79 bits per heavy atom. The minimum absolute atomic E-state index is 0.214. The van der Waals surface area contributed by atoms with Crippen LogP contribution < -0.4 is 0 Å². The highest BCUT2D eigenvalue weighted by atomic mass is 35.5. The third kappa shape index (κ3) is 1.81. The summed E-state index contributed by atoms with van der Waals surface area (Å²) in [6.07, 6.45) is 0. The van der Waals surface area contributed by atoms with E-state index in [1.807, 2.05) is 26.0 Å². The van der Waals surface area contributed by atoms with Gasteiger partial charge in [-0.3, -0.25) is 0 Å². The summed E-state index contributed by atoms with van der Waals surface area (Å²) in [7, 11) is 0. The van der Waals surface area contributed by atoms with E-state index in [1.165, 1.54) is 4.88 Å². The van der Waals surface area contributed by atoms with Gasteiger partial charge in [-0.05, 0) is 26.0 Å². The molecule has 1 atom stereocenters. The Kier molecular flexibility index (Phi) is 2.56. The van der Waals surface area contributed by atoms with E-state index in [4.69, 9.17) is 16.1 Å². The first-order valence-corrected chi connectivity index (χ1v) is 5.46. The van der Waals surface area contributed by atoms with Crippen LogP contribution in [0.5, 0.6) is 0 Å². The number of alkyl halides is 1. The van der Waals surface area contributed by atoms with Gasteiger partial charge in [0.05, 0.1) is 10.3 Å². The van der Waals surface area contributed by atoms with Crippen LogP contribution in [0.2, 0.25) is 0 Å². The molecule has 0 aromatic carbocycles. The van der Waals surface area contributed by atoms with Crippen molar-refractivity contribution in [1.29, 1.82) is 0 Å². The van der Waals surface area contributed by atoms with E-state index in [9.17, 15) is 0 Å². The normalized spacial score (nSPS) is 13.1. The summed E-state index contributed by atoms with van der Waals surface area (Å²) < 4.78 is 5.09. The van der Waals surface area contributed by atoms with Gasteiger partial charge in [-0.15, -0.1) is 22.9 Å². The fourth-order valence-electron chi connectivity index (χ4n) is 1.05. The zero-order valence-corrected chi connectivity index (χ0v) is 9.39. The summed E-state index contributed by atoms with van der Waals surface area (Å²) >= 11 is 7.45. The molecule has 14 heavy (non-hydrogen) atoms. The molecule has 2 aromatic heterocycles. The minimum Gasteiger partial charge on any atom is -0.333 e. The monoisotopic (exact) mass is 228 g/mol. The fraction of sp³-hybridized carbons (Fsp3) is 0.333. The van der Waals surface area contributed by atoms with Crippen LogP contribution in [0.3, 0.4) is 0 Å². The van der Waals surface area contributed by atoms with Crippen molar-refractivity contribution in [3.8, 4) is 10.8 Å². The van der Waals surface area contributed by atoms with E-state index in [0.29, 0.717) is 11.7 Å². The first-order chi connectivity index (χ1) is 6.66. The molecule has 0 saturated carbocycles. The molecule has 2 heterocycles. The van der Waals surface area contributed by atoms with Crippen LogP contribution in [0, 0.1) is 6.92 Å². The Morgan fingerprint density at radius 1 is 1.50 bits per heavy atom. The summed E-state index contributed by atoms with van der Waals surface area (Å²) in [4.78, 5) is 6.40. The second kappa shape index (κ2) is 3.71. The predicted octanol–water partition coefficient (Wildman–Crippen LogP) is 3.41. The molecule has 0 bridgehead atoms. The summed E-state index contributed by atoms with van der Waals surface area (Å²) in [5.41, 5.74) is 0. The number of hydrogen-bond donors (Lipinski definition) is 0. The molecule has 0 fully saturated rings. The average molecular weight is 229 g/mol. The molecule has 2 aromatic rings. The third-order valence-electron chi connectivity index (χ3n) is 1.75. The van der Waals surface area contributed by atoms with Gasteiger partial charge < -0.3 is 4.52 Å². The van der Waals surface area contributed by atoms with Crippen LogP contribution in [0.1, 0.15) is 23.0 Å². The van der Waals surface area contributed by atoms with Crippen molar-refractivity contribution in [2.24, 2.45) is 0 Å². The van der Waals surface area contributed by atoms with Crippen molar-refractivity contribution in [2.45, 2.75) is 19.2 Å². The quantitative estimate of drug-likeness (QED) is 0.740. The third-order valence-corrected chi connectivity index (χ3v) is 2.93. The summed E-state index contributed by atoms with van der Waals surface area (Å²) in [6.45, 7) is 3.85. The molecule has 3 nitrogen and oxygen atoms in total. The molecule has 74 valence electrons. The van der Waals surface area contributed by atoms with Crippen molar-refractivity contribution < 1.29 is 4.52 Å². The molecule has 0 radical (unpaired) electrons. The molecule has 2 rings (SSSR count). The van der Waals surface area contributed by atoms with Crippen molar-refractivity contribution in [2.75, 3.05) is 0 Å². The van der Waals surface area contributed by atoms with Gasteiger partial charge >= 0.3 is 0 Å². The first-order valence-electron chi connectivity index (χ1n) is 4.21. The second-order valence-electron chi connectivity index (χ2n) is 2.98. The number of thiophene rings is 1. The van der Waals surface area contributed by atoms with Crippen LogP contribution in [-0.2, 0) is 0 Å². The van der Waals surface area contributed by atoms with Crippen LogP contribution in [0.15, 0.2) is 16.7 Å². The molecule has 0 aliphatic carbocycles. The molecule has 0 aliphatic heterocycles. The highest BCUT2D eigenvalue weighted by molar-refractivity contribution is 7.15. The molecule has 0 saturated heterocycles. The zero-order valence-electron chi connectivity index (χ0n) is 7.82. The standard InChI is InChI=1S/C9H9ClN2OS/c1-5-3-4-7(14-5)9-11-8(6(2)10)12-13-9/h3-4,6H,1-2H3. The lowest BCUT2D eigenvalue weighted by atomic mass is 10.4. The summed E-state index contributed by atoms with van der Waals surface area (Å²) in [6, 6.07) is 3.99. The highest BCUT2D eigenvalue weighted by Crippen LogP contribution is 2.27. The molecule has 0 aliphatic rings. The summed E-state index contributed by atoms with van der Waals surface area (Å²) in [5, 5.41) is 3.58. The molecular formula is C9H9ClN2OS. The topological polar surface area (TPSA) is 38.9 Å². The minimum atomic E-state index is -0.214. The smallest absolute Gasteiger partial charge is 0.268 e. The van der Waals surface area contributed by atoms with E-state index >= 15 is 0 Å². The van der Waals surface area contributed by atoms with Gasteiger partial charge in [0.25, 0.3) is 5.89 Å². The Labute approximate surface area is 90.7 Å². The Morgan fingerprint density at radius 2 is 2.29 bits per heavy atom. The van der Waals surface area contributed by atoms with Crippen LogP contribution in [0.25, 0.3) is 10.8 Å². The van der Waals surface area contributed by atoms with Gasteiger partial charge in [-0.25, -0.2) is 0 Å². The zero-order chi connectivity index (χ0) is 10.1. The van der Waals surface area contributed by atoms with Crippen molar-refractivity contribution in [3.63, 3.8) is 0 Å². The lowest BCUT2D eigenvalue weighted by Crippen LogP contribution is -1.85. The van der Waals surface area contributed by atoms with Crippen molar-refractivity contribution in [1.82, 2.24) is 10.1 Å². The maximum Gasteiger partial charge on any atom is 0.268 e. The van der Waals surface area contributed by atoms with Gasteiger partial charge in [0.15, 0.2) is 5.82 Å². The van der Waals surface area contributed by atoms with Gasteiger partial charge in [0, 0.05) is 4.88 Å². The molecule has 0 spiro atoms. The van der Waals surface area contributed by atoms with E-state index in [-0.39, 0.29) is 5.38 Å². The average Bonchev–Trinajstić information content (AvgIpc) is 2.70. The predicted molar refractivity (Wildman–Crippen MR) is 56.6 cm³/mol. The highest BCUT2D eigenvalue weighted by Gasteiger charge is 2.13. The molecule has 0 N–H and O–H groups in total. The van der Waals surface area contributed by atoms with E-state index in [0.717, 1.165) is 4.88 Å². The number of aryl methyl sites for hydroxylation is 1. The maximum atomic E-state index is 5.83. The SMILES string of the molecule is Cc1ccc(-c2nc(C(C)Cl)no2)s1. The van der Waals surface area contributed by atoms with E-state index < -0.39 is 0 Å². The first kappa shape index (κ1) is 9.68. The van der Waals surface area contributed by atoms with Crippen LogP contribution in [0.4, 0.5) is 0 Å². The second-order valence-corrected chi connectivity index (χ2v) is 4.93. The summed E-state index contributed by atoms with van der Waals surface area (Å²) in [5.74, 6) is 1.08. The maximum absolute atomic E-state index is 5.83.